The first kappa shape index (κ1) is 13.6. The molecule has 0 aliphatic carbocycles. The maximum atomic E-state index is 10.2. The zero-order valence-electron chi connectivity index (χ0n) is 9.66. The second-order valence-electron chi connectivity index (χ2n) is 3.22. The summed E-state index contributed by atoms with van der Waals surface area (Å²) in [6, 6.07) is 8.15. The minimum atomic E-state index is 0.522. The molecule has 0 aromatic heterocycles. The molecule has 1 aromatic rings. The molecule has 0 amide bonds. The Morgan fingerprint density at radius 2 is 1.93 bits per heavy atom. The molecule has 1 aromatic carbocycles. The number of aryl methyl sites for hydroxylation is 1. The second-order valence-corrected chi connectivity index (χ2v) is 3.22. The molecule has 0 heterocycles. The largest absolute Gasteiger partial charge is 0.333 e. The highest BCUT2D eigenvalue weighted by atomic mass is 16.1. The molecule has 0 saturated heterocycles. The molecule has 2 nitrogen and oxygen atoms in total. The lowest BCUT2D eigenvalue weighted by atomic mass is 10.1. The van der Waals surface area contributed by atoms with Gasteiger partial charge in [0, 0.05) is 6.42 Å². The van der Waals surface area contributed by atoms with Crippen LogP contribution in [0.5, 0.6) is 0 Å². The van der Waals surface area contributed by atoms with Gasteiger partial charge in [0.25, 0.3) is 0 Å². The lowest BCUT2D eigenvalue weighted by molar-refractivity contribution is -0.107. The lowest BCUT2D eigenvalue weighted by Crippen LogP contribution is -1.82. The van der Waals surface area contributed by atoms with Gasteiger partial charge in [-0.3, -0.25) is 0 Å². The minimum absolute atomic E-state index is 0.522. The van der Waals surface area contributed by atoms with E-state index in [-0.39, 0.29) is 0 Å². The fraction of sp³-hybridized carbons (Fsp3) is 0.308. The second kappa shape index (κ2) is 7.94. The maximum Gasteiger partial charge on any atom is 0.124 e. The quantitative estimate of drug-likeness (QED) is 0.771. The SMILES string of the molecule is C/C(=C\c1ccccc1C)CC=O.CN. The van der Waals surface area contributed by atoms with Crippen LogP contribution in [0.1, 0.15) is 24.5 Å². The van der Waals surface area contributed by atoms with Gasteiger partial charge in [0.2, 0.25) is 0 Å². The smallest absolute Gasteiger partial charge is 0.124 e. The van der Waals surface area contributed by atoms with Crippen LogP contribution in [0.3, 0.4) is 0 Å². The van der Waals surface area contributed by atoms with Crippen LogP contribution in [0.25, 0.3) is 6.08 Å². The number of carbonyl (C=O) groups excluding carboxylic acids is 1. The Morgan fingerprint density at radius 1 is 1.33 bits per heavy atom. The van der Waals surface area contributed by atoms with E-state index in [9.17, 15) is 4.79 Å². The molecular formula is C13H19NO. The maximum absolute atomic E-state index is 10.2. The normalized spacial score (nSPS) is 10.3. The fourth-order valence-electron chi connectivity index (χ4n) is 1.20. The molecule has 2 heteroatoms. The Kier molecular flexibility index (Phi) is 7.20. The van der Waals surface area contributed by atoms with Crippen molar-refractivity contribution in [1.82, 2.24) is 0 Å². The number of benzene rings is 1. The zero-order valence-corrected chi connectivity index (χ0v) is 9.66. The molecule has 2 N–H and O–H groups in total. The molecular weight excluding hydrogens is 186 g/mol. The molecule has 0 spiro atoms. The Labute approximate surface area is 91.8 Å². The van der Waals surface area contributed by atoms with Gasteiger partial charge in [-0.25, -0.2) is 0 Å². The van der Waals surface area contributed by atoms with Gasteiger partial charge in [0.05, 0.1) is 0 Å². The average molecular weight is 205 g/mol. The molecule has 0 bridgehead atoms. The number of aldehydes is 1. The topological polar surface area (TPSA) is 43.1 Å². The highest BCUT2D eigenvalue weighted by molar-refractivity contribution is 5.62. The van der Waals surface area contributed by atoms with E-state index < -0.39 is 0 Å². The molecule has 0 fully saturated rings. The molecule has 0 atom stereocenters. The monoisotopic (exact) mass is 205 g/mol. The average Bonchev–Trinajstić information content (AvgIpc) is 2.25. The molecule has 0 radical (unpaired) electrons. The molecule has 0 aliphatic heterocycles. The third-order valence-corrected chi connectivity index (χ3v) is 2.00. The van der Waals surface area contributed by atoms with Crippen molar-refractivity contribution in [1.29, 1.82) is 0 Å². The van der Waals surface area contributed by atoms with Crippen LogP contribution in [-0.2, 0) is 4.79 Å². The highest BCUT2D eigenvalue weighted by Gasteiger charge is 1.93. The molecule has 0 unspecified atom stereocenters. The van der Waals surface area contributed by atoms with Crippen LogP contribution >= 0.6 is 0 Å². The van der Waals surface area contributed by atoms with E-state index in [0.717, 1.165) is 11.9 Å². The molecule has 82 valence electrons. The van der Waals surface area contributed by atoms with Crippen molar-refractivity contribution < 1.29 is 4.79 Å². The summed E-state index contributed by atoms with van der Waals surface area (Å²) in [5.41, 5.74) is 8.04. The van der Waals surface area contributed by atoms with Gasteiger partial charge < -0.3 is 10.5 Å². The van der Waals surface area contributed by atoms with Crippen LogP contribution in [0.15, 0.2) is 29.8 Å². The van der Waals surface area contributed by atoms with E-state index >= 15 is 0 Å². The van der Waals surface area contributed by atoms with Gasteiger partial charge in [-0.1, -0.05) is 35.9 Å². The zero-order chi connectivity index (χ0) is 11.7. The Hall–Kier alpha value is -1.41. The third-order valence-electron chi connectivity index (χ3n) is 2.00. The van der Waals surface area contributed by atoms with Crippen LogP contribution < -0.4 is 5.73 Å². The van der Waals surface area contributed by atoms with Gasteiger partial charge in [-0.2, -0.15) is 0 Å². The van der Waals surface area contributed by atoms with Crippen LogP contribution in [0.4, 0.5) is 0 Å². The molecule has 15 heavy (non-hydrogen) atoms. The number of hydrogen-bond donors (Lipinski definition) is 1. The van der Waals surface area contributed by atoms with Crippen molar-refractivity contribution in [3.8, 4) is 0 Å². The van der Waals surface area contributed by atoms with Crippen LogP contribution in [-0.4, -0.2) is 13.3 Å². The summed E-state index contributed by atoms with van der Waals surface area (Å²) < 4.78 is 0. The number of rotatable bonds is 3. The third kappa shape index (κ3) is 5.13. The summed E-state index contributed by atoms with van der Waals surface area (Å²) in [4.78, 5) is 10.2. The number of hydrogen-bond acceptors (Lipinski definition) is 2. The van der Waals surface area contributed by atoms with Crippen molar-refractivity contribution in [2.24, 2.45) is 5.73 Å². The predicted molar refractivity (Wildman–Crippen MR) is 65.6 cm³/mol. The molecule has 1 rings (SSSR count). The van der Waals surface area contributed by atoms with Crippen LogP contribution in [0.2, 0.25) is 0 Å². The summed E-state index contributed by atoms with van der Waals surface area (Å²) in [5.74, 6) is 0. The number of allylic oxidation sites excluding steroid dienone is 1. The van der Waals surface area contributed by atoms with E-state index in [2.05, 4.69) is 30.9 Å². The van der Waals surface area contributed by atoms with Crippen molar-refractivity contribution in [3.05, 3.63) is 41.0 Å². The standard InChI is InChI=1S/C12H14O.CH5N/c1-10(7-8-13)9-12-6-4-3-5-11(12)2;1-2/h3-6,8-9H,7H2,1-2H3;2H2,1H3/b10-9+;. The van der Waals surface area contributed by atoms with Crippen LogP contribution in [0, 0.1) is 6.92 Å². The number of nitrogens with two attached hydrogens (primary N) is 1. The summed E-state index contributed by atoms with van der Waals surface area (Å²) in [7, 11) is 1.50. The summed E-state index contributed by atoms with van der Waals surface area (Å²) in [6.07, 6.45) is 3.52. The van der Waals surface area contributed by atoms with Gasteiger partial charge in [-0.05, 0) is 32.0 Å². The molecule has 0 saturated carbocycles. The van der Waals surface area contributed by atoms with Crippen molar-refractivity contribution >= 4 is 12.4 Å². The Balaban J connectivity index is 0.000000921. The van der Waals surface area contributed by atoms with Crippen molar-refractivity contribution in [2.75, 3.05) is 7.05 Å². The number of carbonyl (C=O) groups is 1. The Bertz CT molecular complexity index is 329. The van der Waals surface area contributed by atoms with E-state index in [4.69, 9.17) is 0 Å². The lowest BCUT2D eigenvalue weighted by Gasteiger charge is -2.00. The van der Waals surface area contributed by atoms with Crippen molar-refractivity contribution in [3.63, 3.8) is 0 Å². The summed E-state index contributed by atoms with van der Waals surface area (Å²) in [5, 5.41) is 0. The van der Waals surface area contributed by atoms with Gasteiger partial charge in [0.15, 0.2) is 0 Å². The highest BCUT2D eigenvalue weighted by Crippen LogP contribution is 2.12. The van der Waals surface area contributed by atoms with E-state index in [1.807, 2.05) is 19.1 Å². The van der Waals surface area contributed by atoms with Gasteiger partial charge in [-0.15, -0.1) is 0 Å². The Morgan fingerprint density at radius 3 is 2.47 bits per heavy atom. The first-order valence-electron chi connectivity index (χ1n) is 4.98. The summed E-state index contributed by atoms with van der Waals surface area (Å²) in [6.45, 7) is 4.04. The van der Waals surface area contributed by atoms with Gasteiger partial charge >= 0.3 is 0 Å². The van der Waals surface area contributed by atoms with E-state index in [1.54, 1.807) is 0 Å². The van der Waals surface area contributed by atoms with Crippen molar-refractivity contribution in [2.45, 2.75) is 20.3 Å². The summed E-state index contributed by atoms with van der Waals surface area (Å²) >= 11 is 0. The van der Waals surface area contributed by atoms with E-state index in [0.29, 0.717) is 6.42 Å². The first-order chi connectivity index (χ1) is 7.24. The predicted octanol–water partition coefficient (Wildman–Crippen LogP) is 2.56. The van der Waals surface area contributed by atoms with Gasteiger partial charge in [0.1, 0.15) is 6.29 Å². The van der Waals surface area contributed by atoms with E-state index in [1.165, 1.54) is 18.2 Å². The molecule has 0 aliphatic rings. The minimum Gasteiger partial charge on any atom is -0.333 e. The first-order valence-corrected chi connectivity index (χ1v) is 4.98. The fourth-order valence-corrected chi connectivity index (χ4v) is 1.20.